The molecule has 4 nitrogen and oxygen atoms in total. The van der Waals surface area contributed by atoms with Crippen LogP contribution < -0.4 is 0 Å². The van der Waals surface area contributed by atoms with E-state index in [2.05, 4.69) is 0 Å². The number of hydrogen-bond acceptors (Lipinski definition) is 3. The molecule has 1 aliphatic rings. The molecule has 0 bridgehead atoms. The van der Waals surface area contributed by atoms with Crippen LogP contribution in [0.4, 0.5) is 0 Å². The molecule has 1 aliphatic carbocycles. The number of carbonyl (C=O) groups excluding carboxylic acids is 1. The van der Waals surface area contributed by atoms with Gasteiger partial charge in [0.1, 0.15) is 6.61 Å². The molecule has 1 fully saturated rings. The van der Waals surface area contributed by atoms with Crippen LogP contribution >= 0.6 is 11.6 Å². The average molecular weight is 247 g/mol. The van der Waals surface area contributed by atoms with E-state index < -0.39 is 17.9 Å². The molecule has 0 aromatic rings. The van der Waals surface area contributed by atoms with Crippen LogP contribution in [0.25, 0.3) is 0 Å². The Hall–Kier alpha value is -1.03. The molecule has 2 atom stereocenters. The lowest BCUT2D eigenvalue weighted by Crippen LogP contribution is -2.03. The molecule has 5 heteroatoms. The minimum absolute atomic E-state index is 0.103. The van der Waals surface area contributed by atoms with Crippen molar-refractivity contribution in [2.24, 2.45) is 17.3 Å². The standard InChI is InChI=1S/C11H15ClO4/c1-11(2)7(9(11)10(14)15)3-4-8(13)16-6-5-12/h3-4,7,9H,5-6H2,1-2H3,(H,14,15)/b4-3-. The fourth-order valence-corrected chi connectivity index (χ4v) is 1.96. The highest BCUT2D eigenvalue weighted by molar-refractivity contribution is 6.18. The molecular formula is C11H15ClO4. The van der Waals surface area contributed by atoms with Crippen molar-refractivity contribution < 1.29 is 19.4 Å². The molecule has 90 valence electrons. The molecule has 0 aromatic heterocycles. The quantitative estimate of drug-likeness (QED) is 0.455. The summed E-state index contributed by atoms with van der Waals surface area (Å²) in [6.45, 7) is 3.90. The van der Waals surface area contributed by atoms with Crippen LogP contribution in [-0.2, 0) is 14.3 Å². The second-order valence-corrected chi connectivity index (χ2v) is 4.76. The first kappa shape index (κ1) is 13.0. The van der Waals surface area contributed by atoms with E-state index in [0.29, 0.717) is 0 Å². The van der Waals surface area contributed by atoms with Gasteiger partial charge in [-0.3, -0.25) is 4.79 Å². The lowest BCUT2D eigenvalue weighted by atomic mass is 10.1. The molecule has 0 radical (unpaired) electrons. The van der Waals surface area contributed by atoms with Crippen molar-refractivity contribution in [2.75, 3.05) is 12.5 Å². The van der Waals surface area contributed by atoms with Gasteiger partial charge in [-0.05, 0) is 11.3 Å². The summed E-state index contributed by atoms with van der Waals surface area (Å²) in [5, 5.41) is 8.90. The summed E-state index contributed by atoms with van der Waals surface area (Å²) in [4.78, 5) is 21.9. The second-order valence-electron chi connectivity index (χ2n) is 4.38. The number of carboxylic acids is 1. The smallest absolute Gasteiger partial charge is 0.330 e. The first-order chi connectivity index (χ1) is 7.41. The Morgan fingerprint density at radius 2 is 2.12 bits per heavy atom. The van der Waals surface area contributed by atoms with Gasteiger partial charge in [-0.2, -0.15) is 0 Å². The van der Waals surface area contributed by atoms with Crippen LogP contribution in [0.2, 0.25) is 0 Å². The predicted octanol–water partition coefficient (Wildman–Crippen LogP) is 1.68. The van der Waals surface area contributed by atoms with Crippen molar-refractivity contribution in [3.8, 4) is 0 Å². The number of carbonyl (C=O) groups is 2. The summed E-state index contributed by atoms with van der Waals surface area (Å²) in [7, 11) is 0. The highest BCUT2D eigenvalue weighted by Gasteiger charge is 2.60. The van der Waals surface area contributed by atoms with Gasteiger partial charge < -0.3 is 9.84 Å². The van der Waals surface area contributed by atoms with Gasteiger partial charge in [-0.25, -0.2) is 4.79 Å². The maximum Gasteiger partial charge on any atom is 0.330 e. The normalized spacial score (nSPS) is 26.7. The molecule has 1 N–H and O–H groups in total. The third-order valence-electron chi connectivity index (χ3n) is 2.94. The van der Waals surface area contributed by atoms with Crippen molar-refractivity contribution in [1.82, 2.24) is 0 Å². The van der Waals surface area contributed by atoms with Crippen molar-refractivity contribution in [1.29, 1.82) is 0 Å². The van der Waals surface area contributed by atoms with Crippen molar-refractivity contribution in [3.63, 3.8) is 0 Å². The average Bonchev–Trinajstić information content (AvgIpc) is 2.74. The first-order valence-corrected chi connectivity index (χ1v) is 5.58. The number of halogens is 1. The van der Waals surface area contributed by atoms with E-state index in [4.69, 9.17) is 21.4 Å². The maximum absolute atomic E-state index is 11.1. The molecule has 2 unspecified atom stereocenters. The van der Waals surface area contributed by atoms with Gasteiger partial charge in [0.15, 0.2) is 0 Å². The van der Waals surface area contributed by atoms with Crippen LogP contribution in [0.1, 0.15) is 13.8 Å². The van der Waals surface area contributed by atoms with E-state index in [1.165, 1.54) is 6.08 Å². The SMILES string of the molecule is CC1(C)C(/C=C\C(=O)OCCCl)C1C(=O)O. The zero-order valence-corrected chi connectivity index (χ0v) is 10.0. The van der Waals surface area contributed by atoms with E-state index >= 15 is 0 Å². The van der Waals surface area contributed by atoms with Gasteiger partial charge in [0.05, 0.1) is 11.8 Å². The van der Waals surface area contributed by atoms with Crippen LogP contribution in [0.15, 0.2) is 12.2 Å². The highest BCUT2D eigenvalue weighted by Crippen LogP contribution is 2.58. The molecule has 16 heavy (non-hydrogen) atoms. The number of esters is 1. The zero-order chi connectivity index (χ0) is 12.3. The number of alkyl halides is 1. The Balaban J connectivity index is 2.47. The van der Waals surface area contributed by atoms with E-state index in [1.807, 2.05) is 13.8 Å². The topological polar surface area (TPSA) is 63.6 Å². The molecule has 1 saturated carbocycles. The third kappa shape index (κ3) is 2.76. The molecule has 0 aromatic carbocycles. The Morgan fingerprint density at radius 1 is 1.50 bits per heavy atom. The van der Waals surface area contributed by atoms with Gasteiger partial charge in [0, 0.05) is 6.08 Å². The van der Waals surface area contributed by atoms with Gasteiger partial charge in [0.25, 0.3) is 0 Å². The maximum atomic E-state index is 11.1. The van der Waals surface area contributed by atoms with Gasteiger partial charge in [0.2, 0.25) is 0 Å². The van der Waals surface area contributed by atoms with E-state index in [0.717, 1.165) is 0 Å². The Kier molecular flexibility index (Phi) is 3.97. The predicted molar refractivity (Wildman–Crippen MR) is 59.2 cm³/mol. The monoisotopic (exact) mass is 246 g/mol. The molecule has 0 saturated heterocycles. The number of carboxylic acid groups (broad SMARTS) is 1. The molecular weight excluding hydrogens is 232 g/mol. The van der Waals surface area contributed by atoms with Gasteiger partial charge >= 0.3 is 11.9 Å². The van der Waals surface area contributed by atoms with Crippen molar-refractivity contribution in [3.05, 3.63) is 12.2 Å². The summed E-state index contributed by atoms with van der Waals surface area (Å²) >= 11 is 5.35. The first-order valence-electron chi connectivity index (χ1n) is 5.05. The molecule has 0 heterocycles. The summed E-state index contributed by atoms with van der Waals surface area (Å²) in [5.41, 5.74) is -0.283. The van der Waals surface area contributed by atoms with E-state index in [9.17, 15) is 9.59 Å². The summed E-state index contributed by atoms with van der Waals surface area (Å²) in [6.07, 6.45) is 2.89. The van der Waals surface area contributed by atoms with Crippen LogP contribution in [-0.4, -0.2) is 29.5 Å². The summed E-state index contributed by atoms with van der Waals surface area (Å²) < 4.78 is 4.73. The number of rotatable bonds is 5. The van der Waals surface area contributed by atoms with Crippen LogP contribution in [0.3, 0.4) is 0 Å². The molecule has 0 spiro atoms. The van der Waals surface area contributed by atoms with Crippen molar-refractivity contribution >= 4 is 23.5 Å². The van der Waals surface area contributed by atoms with Crippen molar-refractivity contribution in [2.45, 2.75) is 13.8 Å². The number of ether oxygens (including phenoxy) is 1. The van der Waals surface area contributed by atoms with Gasteiger partial charge in [-0.15, -0.1) is 11.6 Å². The second kappa shape index (κ2) is 4.87. The number of allylic oxidation sites excluding steroid dienone is 1. The third-order valence-corrected chi connectivity index (χ3v) is 3.09. The van der Waals surface area contributed by atoms with Gasteiger partial charge in [-0.1, -0.05) is 19.9 Å². The largest absolute Gasteiger partial charge is 0.481 e. The number of hydrogen-bond donors (Lipinski definition) is 1. The Labute approximate surface area is 99.2 Å². The Morgan fingerprint density at radius 3 is 2.56 bits per heavy atom. The minimum Gasteiger partial charge on any atom is -0.481 e. The summed E-state index contributed by atoms with van der Waals surface area (Å²) in [5.74, 6) is -1.56. The lowest BCUT2D eigenvalue weighted by Gasteiger charge is -1.97. The van der Waals surface area contributed by atoms with Crippen LogP contribution in [0, 0.1) is 17.3 Å². The van der Waals surface area contributed by atoms with E-state index in [1.54, 1.807) is 6.08 Å². The fourth-order valence-electron chi connectivity index (χ4n) is 1.88. The minimum atomic E-state index is -0.825. The Bertz CT molecular complexity index is 322. The van der Waals surface area contributed by atoms with Crippen LogP contribution in [0.5, 0.6) is 0 Å². The molecule has 1 rings (SSSR count). The highest BCUT2D eigenvalue weighted by atomic mass is 35.5. The summed E-state index contributed by atoms with van der Waals surface area (Å²) in [6, 6.07) is 0. The lowest BCUT2D eigenvalue weighted by molar-refractivity contribution is -0.140. The number of aliphatic carboxylic acids is 1. The molecule has 0 aliphatic heterocycles. The fraction of sp³-hybridized carbons (Fsp3) is 0.636. The zero-order valence-electron chi connectivity index (χ0n) is 9.27. The van der Waals surface area contributed by atoms with E-state index in [-0.39, 0.29) is 23.8 Å². The molecule has 0 amide bonds.